The average molecular weight is 655 g/mol. The molecule has 10 nitrogen and oxygen atoms in total. The number of nitrogens with zero attached hydrogens (tertiary/aromatic N) is 4. The number of carbonyl (C=O) groups is 4. The first kappa shape index (κ1) is 35.0. The minimum Gasteiger partial charge on any atom is -0.344 e. The van der Waals surface area contributed by atoms with Gasteiger partial charge in [0.15, 0.2) is 5.78 Å². The van der Waals surface area contributed by atoms with Crippen LogP contribution in [0.1, 0.15) is 79.0 Å². The quantitative estimate of drug-likeness (QED) is 0.271. The number of aromatic nitrogens is 2. The molecule has 2 aliphatic rings. The molecular formula is C38H50N6O4. The zero-order valence-corrected chi connectivity index (χ0v) is 28.4. The summed E-state index contributed by atoms with van der Waals surface area (Å²) in [4.78, 5) is 56.9. The number of ketones is 1. The summed E-state index contributed by atoms with van der Waals surface area (Å²) in [5.41, 5.74) is 3.67. The summed E-state index contributed by atoms with van der Waals surface area (Å²) >= 11 is 0. The van der Waals surface area contributed by atoms with Crippen LogP contribution in [0.4, 0.5) is 0 Å². The fourth-order valence-corrected chi connectivity index (χ4v) is 6.93. The summed E-state index contributed by atoms with van der Waals surface area (Å²) in [5, 5.41) is 10.1. The lowest BCUT2D eigenvalue weighted by Crippen LogP contribution is -2.55. The SMILES string of the molecule is CCC(=O)N[C@H](Cc1ccc(CCC(=O)[C@@H](NC(=O)c2ccnn2C)C2CCCCC2)cc1)C(=O)N1CCN(Cc2ccccc2)CC1. The molecule has 0 unspecified atom stereocenters. The molecule has 2 heterocycles. The van der Waals surface area contributed by atoms with Gasteiger partial charge in [-0.25, -0.2) is 0 Å². The van der Waals surface area contributed by atoms with Gasteiger partial charge in [-0.05, 0) is 47.9 Å². The van der Waals surface area contributed by atoms with Crippen LogP contribution in [0.3, 0.4) is 0 Å². The Bertz CT molecular complexity index is 1510. The van der Waals surface area contributed by atoms with E-state index in [1.54, 1.807) is 26.2 Å². The Hall–Kier alpha value is -4.31. The van der Waals surface area contributed by atoms with Gasteiger partial charge in [0, 0.05) is 65.2 Å². The van der Waals surface area contributed by atoms with Gasteiger partial charge in [0.2, 0.25) is 11.8 Å². The highest BCUT2D eigenvalue weighted by Gasteiger charge is 2.32. The summed E-state index contributed by atoms with van der Waals surface area (Å²) < 4.78 is 1.53. The van der Waals surface area contributed by atoms with Crippen molar-refractivity contribution in [2.24, 2.45) is 13.0 Å². The van der Waals surface area contributed by atoms with Crippen molar-refractivity contribution in [3.8, 4) is 0 Å². The van der Waals surface area contributed by atoms with E-state index in [4.69, 9.17) is 0 Å². The second kappa shape index (κ2) is 17.2. The number of rotatable bonds is 14. The summed E-state index contributed by atoms with van der Waals surface area (Å²) in [5.74, 6) is -0.262. The molecule has 1 aliphatic heterocycles. The Balaban J connectivity index is 1.16. The average Bonchev–Trinajstić information content (AvgIpc) is 3.56. The summed E-state index contributed by atoms with van der Waals surface area (Å²) in [6.45, 7) is 5.48. The zero-order chi connectivity index (χ0) is 33.9. The molecule has 1 aliphatic carbocycles. The van der Waals surface area contributed by atoms with E-state index in [-0.39, 0.29) is 29.4 Å². The molecule has 2 aromatic carbocycles. The molecule has 256 valence electrons. The van der Waals surface area contributed by atoms with Crippen molar-refractivity contribution in [1.29, 1.82) is 0 Å². The van der Waals surface area contributed by atoms with Crippen LogP contribution in [0, 0.1) is 5.92 Å². The van der Waals surface area contributed by atoms with Crippen LogP contribution in [0.15, 0.2) is 66.9 Å². The third-order valence-corrected chi connectivity index (χ3v) is 9.82. The van der Waals surface area contributed by atoms with Crippen molar-refractivity contribution < 1.29 is 19.2 Å². The van der Waals surface area contributed by atoms with Crippen molar-refractivity contribution in [3.63, 3.8) is 0 Å². The Kier molecular flexibility index (Phi) is 12.5. The van der Waals surface area contributed by atoms with Gasteiger partial charge >= 0.3 is 0 Å². The maximum atomic E-state index is 13.6. The molecule has 0 radical (unpaired) electrons. The fourth-order valence-electron chi connectivity index (χ4n) is 6.93. The molecule has 1 saturated heterocycles. The first-order valence-corrected chi connectivity index (χ1v) is 17.5. The van der Waals surface area contributed by atoms with Gasteiger partial charge in [-0.2, -0.15) is 5.10 Å². The molecular weight excluding hydrogens is 604 g/mol. The molecule has 2 fully saturated rings. The summed E-state index contributed by atoms with van der Waals surface area (Å²) in [6.07, 6.45) is 8.38. The Morgan fingerprint density at radius 3 is 2.17 bits per heavy atom. The van der Waals surface area contributed by atoms with E-state index in [0.29, 0.717) is 44.5 Å². The van der Waals surface area contributed by atoms with Crippen LogP contribution in [0.2, 0.25) is 0 Å². The molecule has 0 bridgehead atoms. The molecule has 5 rings (SSSR count). The maximum absolute atomic E-state index is 13.6. The van der Waals surface area contributed by atoms with Gasteiger partial charge in [0.1, 0.15) is 11.7 Å². The zero-order valence-electron chi connectivity index (χ0n) is 28.4. The van der Waals surface area contributed by atoms with Crippen molar-refractivity contribution in [2.75, 3.05) is 26.2 Å². The van der Waals surface area contributed by atoms with Crippen LogP contribution >= 0.6 is 0 Å². The van der Waals surface area contributed by atoms with Crippen LogP contribution in [0.25, 0.3) is 0 Å². The van der Waals surface area contributed by atoms with E-state index >= 15 is 0 Å². The van der Waals surface area contributed by atoms with E-state index in [1.807, 2.05) is 47.4 Å². The topological polar surface area (TPSA) is 117 Å². The van der Waals surface area contributed by atoms with E-state index in [1.165, 1.54) is 16.7 Å². The predicted octanol–water partition coefficient (Wildman–Crippen LogP) is 4.08. The molecule has 48 heavy (non-hydrogen) atoms. The van der Waals surface area contributed by atoms with Crippen LogP contribution in [-0.2, 0) is 40.8 Å². The number of aryl methyl sites for hydroxylation is 2. The molecule has 1 aromatic heterocycles. The maximum Gasteiger partial charge on any atom is 0.270 e. The van der Waals surface area contributed by atoms with Gasteiger partial charge < -0.3 is 15.5 Å². The van der Waals surface area contributed by atoms with Gasteiger partial charge in [0.05, 0.1) is 6.04 Å². The lowest BCUT2D eigenvalue weighted by molar-refractivity contribution is -0.138. The third kappa shape index (κ3) is 9.62. The fraction of sp³-hybridized carbons (Fsp3) is 0.500. The number of carbonyl (C=O) groups excluding carboxylic acids is 4. The van der Waals surface area contributed by atoms with E-state index < -0.39 is 12.1 Å². The second-order valence-electron chi connectivity index (χ2n) is 13.2. The minimum absolute atomic E-state index is 0.0484. The number of Topliss-reactive ketones (excluding diaryl/α,β-unsaturated/α-hetero) is 1. The van der Waals surface area contributed by atoms with Crippen LogP contribution in [-0.4, -0.2) is 81.3 Å². The van der Waals surface area contributed by atoms with Gasteiger partial charge in [-0.3, -0.25) is 28.8 Å². The summed E-state index contributed by atoms with van der Waals surface area (Å²) in [6, 6.07) is 18.8. The minimum atomic E-state index is -0.634. The molecule has 2 N–H and O–H groups in total. The predicted molar refractivity (Wildman–Crippen MR) is 185 cm³/mol. The van der Waals surface area contributed by atoms with Crippen molar-refractivity contribution >= 4 is 23.5 Å². The van der Waals surface area contributed by atoms with Crippen molar-refractivity contribution in [2.45, 2.75) is 83.3 Å². The van der Waals surface area contributed by atoms with E-state index in [2.05, 4.69) is 32.8 Å². The number of amides is 3. The third-order valence-electron chi connectivity index (χ3n) is 9.82. The molecule has 3 amide bonds. The monoisotopic (exact) mass is 654 g/mol. The Labute approximate surface area is 284 Å². The summed E-state index contributed by atoms with van der Waals surface area (Å²) in [7, 11) is 1.72. The first-order valence-electron chi connectivity index (χ1n) is 17.5. The van der Waals surface area contributed by atoms with E-state index in [9.17, 15) is 19.2 Å². The van der Waals surface area contributed by atoms with Crippen LogP contribution < -0.4 is 10.6 Å². The molecule has 1 saturated carbocycles. The van der Waals surface area contributed by atoms with Crippen molar-refractivity contribution in [3.05, 3.63) is 89.2 Å². The largest absolute Gasteiger partial charge is 0.344 e. The van der Waals surface area contributed by atoms with Crippen molar-refractivity contribution in [1.82, 2.24) is 30.2 Å². The number of piperazine rings is 1. The Morgan fingerprint density at radius 1 is 0.833 bits per heavy atom. The standard InChI is InChI=1S/C38H50N6O4/c1-3-35(46)40-32(38(48)44-24-22-43(23-25-44)27-30-10-6-4-7-11-30)26-29-16-14-28(15-17-29)18-19-34(45)36(31-12-8-5-9-13-31)41-37(47)33-20-21-39-42(33)2/h4,6-7,10-11,14-17,20-21,31-32,36H,3,5,8-9,12-13,18-19,22-27H2,1-2H3,(H,40,46)(H,41,47)/t32-,36+/m1/s1. The van der Waals surface area contributed by atoms with Gasteiger partial charge in [-0.1, -0.05) is 80.8 Å². The number of benzene rings is 2. The molecule has 2 atom stereocenters. The highest BCUT2D eigenvalue weighted by atomic mass is 16.2. The molecule has 3 aromatic rings. The second-order valence-corrected chi connectivity index (χ2v) is 13.2. The van der Waals surface area contributed by atoms with Gasteiger partial charge in [0.25, 0.3) is 5.91 Å². The van der Waals surface area contributed by atoms with Gasteiger partial charge in [-0.15, -0.1) is 0 Å². The van der Waals surface area contributed by atoms with Crippen LogP contribution in [0.5, 0.6) is 0 Å². The lowest BCUT2D eigenvalue weighted by Gasteiger charge is -2.36. The smallest absolute Gasteiger partial charge is 0.270 e. The lowest BCUT2D eigenvalue weighted by atomic mass is 9.81. The normalized spacial score (nSPS) is 17.0. The number of hydrogen-bond acceptors (Lipinski definition) is 6. The van der Waals surface area contributed by atoms with E-state index in [0.717, 1.165) is 56.4 Å². The highest BCUT2D eigenvalue weighted by Crippen LogP contribution is 2.28. The first-order chi connectivity index (χ1) is 23.3. The Morgan fingerprint density at radius 2 is 1.52 bits per heavy atom. The highest BCUT2D eigenvalue weighted by molar-refractivity contribution is 5.97. The number of hydrogen-bond donors (Lipinski definition) is 2. The number of nitrogens with one attached hydrogen (secondary N) is 2. The molecule has 10 heteroatoms. The molecule has 0 spiro atoms.